The van der Waals surface area contributed by atoms with Crippen molar-refractivity contribution in [1.29, 1.82) is 0 Å². The molecule has 0 aliphatic heterocycles. The Bertz CT molecular complexity index is 417. The Hall–Kier alpha value is -0.790. The third-order valence-corrected chi connectivity index (χ3v) is 7.55. The number of hydrogen-bond acceptors (Lipinski definition) is 1. The van der Waals surface area contributed by atoms with E-state index in [0.717, 1.165) is 12.8 Å². The van der Waals surface area contributed by atoms with Gasteiger partial charge in [-0.3, -0.25) is 4.79 Å². The molecule has 1 N–H and O–H groups in total. The lowest BCUT2D eigenvalue weighted by molar-refractivity contribution is -0.137. The molecule has 0 saturated carbocycles. The van der Waals surface area contributed by atoms with E-state index < -0.39 is 5.97 Å². The summed E-state index contributed by atoms with van der Waals surface area (Å²) in [5.41, 5.74) is 0. The maximum atomic E-state index is 10.5. The number of aliphatic carboxylic acids is 1. The first kappa shape index (κ1) is 34.2. The van der Waals surface area contributed by atoms with Gasteiger partial charge >= 0.3 is 5.97 Å². The topological polar surface area (TPSA) is 37.3 Å². The molecule has 208 valence electrons. The van der Waals surface area contributed by atoms with Gasteiger partial charge in [-0.15, -0.1) is 6.58 Å². The molecular formula is C33H64O2. The maximum Gasteiger partial charge on any atom is 0.303 e. The zero-order valence-corrected chi connectivity index (χ0v) is 23.9. The summed E-state index contributed by atoms with van der Waals surface area (Å²) in [6.07, 6.45) is 42.5. The van der Waals surface area contributed by atoms with Gasteiger partial charge in [-0.25, -0.2) is 0 Å². The predicted molar refractivity (Wildman–Crippen MR) is 156 cm³/mol. The molecule has 0 atom stereocenters. The van der Waals surface area contributed by atoms with Crippen molar-refractivity contribution in [3.05, 3.63) is 12.7 Å². The first-order valence-corrected chi connectivity index (χ1v) is 16.1. The number of carboxylic acids is 1. The van der Waals surface area contributed by atoms with Crippen LogP contribution in [0.25, 0.3) is 0 Å². The van der Waals surface area contributed by atoms with Crippen molar-refractivity contribution >= 4 is 5.97 Å². The molecule has 0 aromatic carbocycles. The lowest BCUT2D eigenvalue weighted by Crippen LogP contribution is -1.93. The molecule has 0 saturated heterocycles. The van der Waals surface area contributed by atoms with Crippen LogP contribution in [0.2, 0.25) is 0 Å². The Kier molecular flexibility index (Phi) is 30.5. The van der Waals surface area contributed by atoms with Gasteiger partial charge in [0.15, 0.2) is 0 Å². The quantitative estimate of drug-likeness (QED) is 0.0771. The zero-order chi connectivity index (χ0) is 25.5. The molecule has 0 aliphatic rings. The zero-order valence-electron chi connectivity index (χ0n) is 23.9. The van der Waals surface area contributed by atoms with Crippen LogP contribution in [0.4, 0.5) is 0 Å². The van der Waals surface area contributed by atoms with Crippen molar-refractivity contribution < 1.29 is 9.90 Å². The van der Waals surface area contributed by atoms with Gasteiger partial charge in [0, 0.05) is 6.42 Å². The first-order valence-electron chi connectivity index (χ1n) is 16.1. The second kappa shape index (κ2) is 31.2. The molecule has 0 unspecified atom stereocenters. The van der Waals surface area contributed by atoms with E-state index in [1.54, 1.807) is 0 Å². The summed E-state index contributed by atoms with van der Waals surface area (Å²) in [7, 11) is 0. The van der Waals surface area contributed by atoms with E-state index in [-0.39, 0.29) is 0 Å². The van der Waals surface area contributed by atoms with Gasteiger partial charge in [-0.2, -0.15) is 0 Å². The lowest BCUT2D eigenvalue weighted by atomic mass is 10.0. The van der Waals surface area contributed by atoms with Crippen LogP contribution >= 0.6 is 0 Å². The van der Waals surface area contributed by atoms with Crippen LogP contribution in [0.5, 0.6) is 0 Å². The van der Waals surface area contributed by atoms with Gasteiger partial charge < -0.3 is 5.11 Å². The van der Waals surface area contributed by atoms with Gasteiger partial charge in [0.1, 0.15) is 0 Å². The fourth-order valence-electron chi connectivity index (χ4n) is 5.16. The highest BCUT2D eigenvalue weighted by atomic mass is 16.4. The standard InChI is InChI=1S/C33H64O2/c1-2-3-4-5-6-7-8-9-10-11-12-13-14-15-16-17-18-19-20-21-22-23-24-25-26-27-28-29-30-31-32-33(34)35/h2H,1,3-32H2,(H,34,35). The highest BCUT2D eigenvalue weighted by Gasteiger charge is 1.98. The van der Waals surface area contributed by atoms with Crippen LogP contribution in [-0.2, 0) is 4.79 Å². The summed E-state index contributed by atoms with van der Waals surface area (Å²) < 4.78 is 0. The molecule has 35 heavy (non-hydrogen) atoms. The fourth-order valence-corrected chi connectivity index (χ4v) is 5.16. The highest BCUT2D eigenvalue weighted by Crippen LogP contribution is 2.16. The van der Waals surface area contributed by atoms with Crippen LogP contribution < -0.4 is 0 Å². The highest BCUT2D eigenvalue weighted by molar-refractivity contribution is 5.66. The molecule has 0 radical (unpaired) electrons. The molecule has 0 aromatic heterocycles. The number of hydrogen-bond donors (Lipinski definition) is 1. The number of rotatable bonds is 31. The summed E-state index contributed by atoms with van der Waals surface area (Å²) in [4.78, 5) is 10.5. The minimum absolute atomic E-state index is 0.345. The van der Waals surface area contributed by atoms with Crippen molar-refractivity contribution in [2.45, 2.75) is 193 Å². The van der Waals surface area contributed by atoms with Gasteiger partial charge in [-0.05, 0) is 19.3 Å². The van der Waals surface area contributed by atoms with Crippen molar-refractivity contribution in [2.75, 3.05) is 0 Å². The van der Waals surface area contributed by atoms with E-state index >= 15 is 0 Å². The summed E-state index contributed by atoms with van der Waals surface area (Å²) in [6, 6.07) is 0. The van der Waals surface area contributed by atoms with E-state index in [9.17, 15) is 4.79 Å². The Labute approximate surface area is 221 Å². The predicted octanol–water partition coefficient (Wildman–Crippen LogP) is 12.0. The molecule has 0 amide bonds. The van der Waals surface area contributed by atoms with E-state index in [1.165, 1.54) is 173 Å². The second-order valence-corrected chi connectivity index (χ2v) is 11.1. The first-order chi connectivity index (χ1) is 17.3. The van der Waals surface area contributed by atoms with E-state index in [4.69, 9.17) is 5.11 Å². The number of carboxylic acid groups (broad SMARTS) is 1. The molecule has 2 heteroatoms. The van der Waals surface area contributed by atoms with E-state index in [1.807, 2.05) is 6.08 Å². The minimum atomic E-state index is -0.649. The number of allylic oxidation sites excluding steroid dienone is 1. The van der Waals surface area contributed by atoms with E-state index in [2.05, 4.69) is 6.58 Å². The number of unbranched alkanes of at least 4 members (excludes halogenated alkanes) is 28. The van der Waals surface area contributed by atoms with Crippen molar-refractivity contribution in [3.63, 3.8) is 0 Å². The molecule has 0 aromatic rings. The fraction of sp³-hybridized carbons (Fsp3) is 0.909. The second-order valence-electron chi connectivity index (χ2n) is 11.1. The summed E-state index contributed by atoms with van der Waals surface area (Å²) >= 11 is 0. The van der Waals surface area contributed by atoms with Crippen molar-refractivity contribution in [1.82, 2.24) is 0 Å². The van der Waals surface area contributed by atoms with E-state index in [0.29, 0.717) is 6.42 Å². The molecule has 0 bridgehead atoms. The third-order valence-electron chi connectivity index (χ3n) is 7.55. The summed E-state index contributed by atoms with van der Waals surface area (Å²) in [5.74, 6) is -0.649. The molecule has 0 heterocycles. The van der Waals surface area contributed by atoms with Crippen LogP contribution in [0.1, 0.15) is 193 Å². The number of carbonyl (C=O) groups is 1. The normalized spacial score (nSPS) is 11.2. The Morgan fingerprint density at radius 3 is 0.800 bits per heavy atom. The summed E-state index contributed by atoms with van der Waals surface area (Å²) in [6.45, 7) is 3.79. The van der Waals surface area contributed by atoms with Crippen LogP contribution in [0.15, 0.2) is 12.7 Å². The van der Waals surface area contributed by atoms with Crippen molar-refractivity contribution in [3.8, 4) is 0 Å². The van der Waals surface area contributed by atoms with Gasteiger partial charge in [0.2, 0.25) is 0 Å². The SMILES string of the molecule is C=CCCCCCCCCCCCCCCCCCCCCCCCCCCCCCCC(=O)O. The largest absolute Gasteiger partial charge is 0.481 e. The summed E-state index contributed by atoms with van der Waals surface area (Å²) in [5, 5.41) is 8.62. The van der Waals surface area contributed by atoms with Crippen LogP contribution in [0.3, 0.4) is 0 Å². The van der Waals surface area contributed by atoms with Gasteiger partial charge in [-0.1, -0.05) is 173 Å². The average Bonchev–Trinajstić information content (AvgIpc) is 2.85. The van der Waals surface area contributed by atoms with Crippen LogP contribution in [-0.4, -0.2) is 11.1 Å². The monoisotopic (exact) mass is 492 g/mol. The van der Waals surface area contributed by atoms with Crippen molar-refractivity contribution in [2.24, 2.45) is 0 Å². The Morgan fingerprint density at radius 1 is 0.400 bits per heavy atom. The maximum absolute atomic E-state index is 10.5. The molecule has 0 spiro atoms. The third kappa shape index (κ3) is 33.2. The average molecular weight is 493 g/mol. The molecule has 2 nitrogen and oxygen atoms in total. The van der Waals surface area contributed by atoms with Crippen LogP contribution in [0, 0.1) is 0 Å². The molecule has 0 rings (SSSR count). The molecule has 0 fully saturated rings. The van der Waals surface area contributed by atoms with Gasteiger partial charge in [0.25, 0.3) is 0 Å². The molecular weight excluding hydrogens is 428 g/mol. The Morgan fingerprint density at radius 2 is 0.600 bits per heavy atom. The van der Waals surface area contributed by atoms with Gasteiger partial charge in [0.05, 0.1) is 0 Å². The lowest BCUT2D eigenvalue weighted by Gasteiger charge is -2.04. The smallest absolute Gasteiger partial charge is 0.303 e. The molecule has 0 aliphatic carbocycles. The Balaban J connectivity index is 3.02. The minimum Gasteiger partial charge on any atom is -0.481 e.